The standard InChI is InChI=1S/C19H14ClF3N4O2S2/c20-13-7-6-12(19(21,22)23)9-14(13)24-16(29)10-30-18-27-26-17(31-18)25-15(28)8-11-4-2-1-3-5-11/h1-7,9H,8,10H2,(H,24,29)(H,25,26,28). The summed E-state index contributed by atoms with van der Waals surface area (Å²) in [6, 6.07) is 11.9. The van der Waals surface area contributed by atoms with Gasteiger partial charge in [0, 0.05) is 0 Å². The quantitative estimate of drug-likeness (QED) is 0.357. The molecule has 0 unspecified atom stereocenters. The summed E-state index contributed by atoms with van der Waals surface area (Å²) in [4.78, 5) is 24.2. The highest BCUT2D eigenvalue weighted by Gasteiger charge is 2.31. The molecule has 3 rings (SSSR count). The van der Waals surface area contributed by atoms with Crippen LogP contribution in [0.4, 0.5) is 24.0 Å². The molecular weight excluding hydrogens is 473 g/mol. The van der Waals surface area contributed by atoms with Crippen molar-refractivity contribution in [1.82, 2.24) is 10.2 Å². The van der Waals surface area contributed by atoms with E-state index in [1.165, 1.54) is 0 Å². The number of rotatable bonds is 7. The lowest BCUT2D eigenvalue weighted by Crippen LogP contribution is -2.15. The molecule has 0 aliphatic carbocycles. The monoisotopic (exact) mass is 486 g/mol. The van der Waals surface area contributed by atoms with Gasteiger partial charge in [0.2, 0.25) is 16.9 Å². The van der Waals surface area contributed by atoms with E-state index in [9.17, 15) is 22.8 Å². The first-order valence-electron chi connectivity index (χ1n) is 8.67. The van der Waals surface area contributed by atoms with Crippen LogP contribution in [0.5, 0.6) is 0 Å². The predicted octanol–water partition coefficient (Wildman–Crippen LogP) is 5.12. The number of amides is 2. The molecule has 0 aliphatic heterocycles. The third kappa shape index (κ3) is 6.94. The van der Waals surface area contributed by atoms with Crippen LogP contribution >= 0.6 is 34.7 Å². The molecule has 0 fully saturated rings. The minimum Gasteiger partial charge on any atom is -0.324 e. The summed E-state index contributed by atoms with van der Waals surface area (Å²) in [5.41, 5.74) is -0.197. The first-order valence-corrected chi connectivity index (χ1v) is 10.9. The van der Waals surface area contributed by atoms with Crippen LogP contribution in [0.15, 0.2) is 52.9 Å². The third-order valence-corrected chi connectivity index (χ3v) is 6.06. The Morgan fingerprint density at radius 3 is 2.48 bits per heavy atom. The fraction of sp³-hybridized carbons (Fsp3) is 0.158. The molecule has 0 aliphatic rings. The van der Waals surface area contributed by atoms with Crippen molar-refractivity contribution in [2.24, 2.45) is 0 Å². The van der Waals surface area contributed by atoms with E-state index in [1.807, 2.05) is 30.3 Å². The Morgan fingerprint density at radius 1 is 1.03 bits per heavy atom. The predicted molar refractivity (Wildman–Crippen MR) is 114 cm³/mol. The van der Waals surface area contributed by atoms with Crippen molar-refractivity contribution in [3.63, 3.8) is 0 Å². The van der Waals surface area contributed by atoms with Gasteiger partial charge >= 0.3 is 6.18 Å². The van der Waals surface area contributed by atoms with Crippen molar-refractivity contribution in [3.8, 4) is 0 Å². The van der Waals surface area contributed by atoms with Crippen molar-refractivity contribution in [2.45, 2.75) is 16.9 Å². The highest BCUT2D eigenvalue weighted by Crippen LogP contribution is 2.34. The van der Waals surface area contributed by atoms with E-state index >= 15 is 0 Å². The van der Waals surface area contributed by atoms with Gasteiger partial charge in [0.15, 0.2) is 4.34 Å². The number of carbonyl (C=O) groups is 2. The smallest absolute Gasteiger partial charge is 0.324 e. The lowest BCUT2D eigenvalue weighted by Gasteiger charge is -2.11. The van der Waals surface area contributed by atoms with Gasteiger partial charge in [0.1, 0.15) is 0 Å². The number of carbonyl (C=O) groups excluding carboxylic acids is 2. The van der Waals surface area contributed by atoms with Crippen LogP contribution in [-0.2, 0) is 22.2 Å². The van der Waals surface area contributed by atoms with E-state index in [1.54, 1.807) is 0 Å². The molecule has 3 aromatic rings. The van der Waals surface area contributed by atoms with Gasteiger partial charge in [-0.3, -0.25) is 9.59 Å². The molecule has 0 radical (unpaired) electrons. The average molecular weight is 487 g/mol. The van der Waals surface area contributed by atoms with Crippen LogP contribution < -0.4 is 10.6 Å². The second kappa shape index (κ2) is 10.1. The highest BCUT2D eigenvalue weighted by atomic mass is 35.5. The van der Waals surface area contributed by atoms with E-state index in [0.29, 0.717) is 4.34 Å². The summed E-state index contributed by atoms with van der Waals surface area (Å²) in [7, 11) is 0. The van der Waals surface area contributed by atoms with Gasteiger partial charge < -0.3 is 10.6 Å². The van der Waals surface area contributed by atoms with Gasteiger partial charge in [-0.2, -0.15) is 13.2 Å². The van der Waals surface area contributed by atoms with E-state index < -0.39 is 17.6 Å². The molecule has 0 atom stereocenters. The summed E-state index contributed by atoms with van der Waals surface area (Å²) >= 11 is 7.98. The molecule has 0 bridgehead atoms. The number of nitrogens with one attached hydrogen (secondary N) is 2. The highest BCUT2D eigenvalue weighted by molar-refractivity contribution is 8.01. The average Bonchev–Trinajstić information content (AvgIpc) is 3.15. The Labute approximate surface area is 188 Å². The molecule has 2 amide bonds. The molecule has 0 spiro atoms. The van der Waals surface area contributed by atoms with Crippen molar-refractivity contribution in [3.05, 3.63) is 64.7 Å². The lowest BCUT2D eigenvalue weighted by atomic mass is 10.1. The number of aromatic nitrogens is 2. The normalized spacial score (nSPS) is 11.2. The van der Waals surface area contributed by atoms with E-state index in [0.717, 1.165) is 46.9 Å². The van der Waals surface area contributed by atoms with Crippen LogP contribution in [0, 0.1) is 0 Å². The summed E-state index contributed by atoms with van der Waals surface area (Å²) < 4.78 is 38.9. The number of thioether (sulfide) groups is 1. The van der Waals surface area contributed by atoms with Crippen LogP contribution in [0.3, 0.4) is 0 Å². The van der Waals surface area contributed by atoms with Gasteiger partial charge in [0.25, 0.3) is 0 Å². The largest absolute Gasteiger partial charge is 0.416 e. The first kappa shape index (κ1) is 23.0. The van der Waals surface area contributed by atoms with Gasteiger partial charge in [-0.1, -0.05) is 65.0 Å². The molecule has 0 saturated carbocycles. The van der Waals surface area contributed by atoms with Crippen molar-refractivity contribution in [2.75, 3.05) is 16.4 Å². The number of benzene rings is 2. The van der Waals surface area contributed by atoms with Gasteiger partial charge in [-0.15, -0.1) is 10.2 Å². The van der Waals surface area contributed by atoms with Crippen LogP contribution in [0.25, 0.3) is 0 Å². The zero-order chi connectivity index (χ0) is 22.4. The lowest BCUT2D eigenvalue weighted by molar-refractivity contribution is -0.137. The molecule has 1 heterocycles. The molecule has 162 valence electrons. The Kier molecular flexibility index (Phi) is 7.52. The molecular formula is C19H14ClF3N4O2S2. The number of hydrogen-bond acceptors (Lipinski definition) is 6. The second-order valence-electron chi connectivity index (χ2n) is 6.11. The number of alkyl halides is 3. The van der Waals surface area contributed by atoms with Crippen molar-refractivity contribution in [1.29, 1.82) is 0 Å². The van der Waals surface area contributed by atoms with Gasteiger partial charge in [-0.25, -0.2) is 0 Å². The third-order valence-electron chi connectivity index (χ3n) is 3.75. The van der Waals surface area contributed by atoms with Gasteiger partial charge in [0.05, 0.1) is 28.4 Å². The number of hydrogen-bond donors (Lipinski definition) is 2. The summed E-state index contributed by atoms with van der Waals surface area (Å²) in [6.45, 7) is 0. The Hall–Kier alpha value is -2.63. The number of anilines is 2. The molecule has 12 heteroatoms. The topological polar surface area (TPSA) is 84.0 Å². The summed E-state index contributed by atoms with van der Waals surface area (Å²) in [5, 5.41) is 13.0. The minimum atomic E-state index is -4.55. The van der Waals surface area contributed by atoms with Crippen LogP contribution in [0.1, 0.15) is 11.1 Å². The second-order valence-corrected chi connectivity index (χ2v) is 8.72. The molecule has 31 heavy (non-hydrogen) atoms. The Balaban J connectivity index is 1.51. The number of halogens is 4. The van der Waals surface area contributed by atoms with Crippen molar-refractivity contribution < 1.29 is 22.8 Å². The zero-order valence-electron chi connectivity index (χ0n) is 15.6. The van der Waals surface area contributed by atoms with E-state index in [2.05, 4.69) is 20.8 Å². The Bertz CT molecular complexity index is 1080. The molecule has 0 saturated heterocycles. The van der Waals surface area contributed by atoms with Gasteiger partial charge in [-0.05, 0) is 23.8 Å². The maximum absolute atomic E-state index is 12.8. The Morgan fingerprint density at radius 2 is 1.77 bits per heavy atom. The van der Waals surface area contributed by atoms with Crippen LogP contribution in [0.2, 0.25) is 5.02 Å². The summed E-state index contributed by atoms with van der Waals surface area (Å²) in [6.07, 6.45) is -4.37. The summed E-state index contributed by atoms with van der Waals surface area (Å²) in [5.74, 6) is -0.939. The molecule has 2 aromatic carbocycles. The molecule has 1 aromatic heterocycles. The SMILES string of the molecule is O=C(Cc1ccccc1)Nc1nnc(SCC(=O)Nc2cc(C(F)(F)F)ccc2Cl)s1. The number of nitrogens with zero attached hydrogens (tertiary/aromatic N) is 2. The van der Waals surface area contributed by atoms with Crippen LogP contribution in [-0.4, -0.2) is 27.8 Å². The molecule has 6 nitrogen and oxygen atoms in total. The fourth-order valence-corrected chi connectivity index (χ4v) is 4.11. The first-order chi connectivity index (χ1) is 14.7. The molecule has 2 N–H and O–H groups in total. The maximum atomic E-state index is 12.8. The van der Waals surface area contributed by atoms with E-state index in [-0.39, 0.29) is 33.9 Å². The van der Waals surface area contributed by atoms with E-state index in [4.69, 9.17) is 11.6 Å². The minimum absolute atomic E-state index is 0.00863. The fourth-order valence-electron chi connectivity index (χ4n) is 2.37. The zero-order valence-corrected chi connectivity index (χ0v) is 18.0. The maximum Gasteiger partial charge on any atom is 0.416 e. The van der Waals surface area contributed by atoms with Crippen molar-refractivity contribution >= 4 is 57.3 Å².